The molecule has 1 saturated heterocycles. The molecule has 0 amide bonds. The summed E-state index contributed by atoms with van der Waals surface area (Å²) in [6.07, 6.45) is 2.17. The van der Waals surface area contributed by atoms with Gasteiger partial charge >= 0.3 is 0 Å². The number of phenols is 1. The summed E-state index contributed by atoms with van der Waals surface area (Å²) in [5.41, 5.74) is 0.741. The summed E-state index contributed by atoms with van der Waals surface area (Å²) in [6, 6.07) is 5.47. The minimum absolute atomic E-state index is 0.157. The van der Waals surface area contributed by atoms with E-state index < -0.39 is 0 Å². The lowest BCUT2D eigenvalue weighted by atomic mass is 9.89. The molecule has 1 atom stereocenters. The highest BCUT2D eigenvalue weighted by atomic mass is 16.5. The second-order valence-electron chi connectivity index (χ2n) is 4.45. The molecular weight excluding hydrogens is 202 g/mol. The highest BCUT2D eigenvalue weighted by Gasteiger charge is 2.35. The minimum Gasteiger partial charge on any atom is -0.507 e. The standard InChI is InChI=1S/C13H19NO2/c1-3-16-11-7-4-6-10(15)12(11)13(2)8-5-9-14-13/h4,6-7,14-15H,3,5,8-9H2,1-2H3. The average Bonchev–Trinajstić information content (AvgIpc) is 2.66. The van der Waals surface area contributed by atoms with Gasteiger partial charge in [0.15, 0.2) is 0 Å². The van der Waals surface area contributed by atoms with Crippen molar-refractivity contribution in [3.05, 3.63) is 23.8 Å². The van der Waals surface area contributed by atoms with Gasteiger partial charge in [0, 0.05) is 5.54 Å². The molecule has 0 aromatic heterocycles. The maximum absolute atomic E-state index is 10.0. The van der Waals surface area contributed by atoms with Crippen LogP contribution in [-0.2, 0) is 5.54 Å². The third-order valence-electron chi connectivity index (χ3n) is 3.22. The molecule has 1 aliphatic heterocycles. The van der Waals surface area contributed by atoms with Gasteiger partial charge in [-0.1, -0.05) is 6.07 Å². The average molecular weight is 221 g/mol. The van der Waals surface area contributed by atoms with Crippen LogP contribution in [0.2, 0.25) is 0 Å². The van der Waals surface area contributed by atoms with Crippen molar-refractivity contribution < 1.29 is 9.84 Å². The lowest BCUT2D eigenvalue weighted by molar-refractivity contribution is 0.311. The summed E-state index contributed by atoms with van der Waals surface area (Å²) < 4.78 is 5.60. The predicted octanol–water partition coefficient (Wildman–Crippen LogP) is 2.39. The van der Waals surface area contributed by atoms with Gasteiger partial charge in [0.1, 0.15) is 11.5 Å². The molecule has 1 unspecified atom stereocenters. The highest BCUT2D eigenvalue weighted by molar-refractivity contribution is 5.48. The first kappa shape index (κ1) is 11.3. The molecule has 0 radical (unpaired) electrons. The second kappa shape index (κ2) is 4.34. The zero-order chi connectivity index (χ0) is 11.6. The van der Waals surface area contributed by atoms with E-state index in [4.69, 9.17) is 4.74 Å². The fourth-order valence-corrected chi connectivity index (χ4v) is 2.46. The van der Waals surface area contributed by atoms with Crippen molar-refractivity contribution in [2.24, 2.45) is 0 Å². The summed E-state index contributed by atoms with van der Waals surface area (Å²) in [7, 11) is 0. The number of aromatic hydroxyl groups is 1. The molecule has 3 nitrogen and oxygen atoms in total. The van der Waals surface area contributed by atoms with Gasteiger partial charge in [0.25, 0.3) is 0 Å². The first-order chi connectivity index (χ1) is 7.67. The van der Waals surface area contributed by atoms with Crippen molar-refractivity contribution in [3.63, 3.8) is 0 Å². The van der Waals surface area contributed by atoms with Gasteiger partial charge in [-0.05, 0) is 45.4 Å². The van der Waals surface area contributed by atoms with E-state index in [1.807, 2.05) is 19.1 Å². The van der Waals surface area contributed by atoms with Gasteiger partial charge in [-0.15, -0.1) is 0 Å². The minimum atomic E-state index is -0.157. The van der Waals surface area contributed by atoms with Crippen LogP contribution in [0.5, 0.6) is 11.5 Å². The summed E-state index contributed by atoms with van der Waals surface area (Å²) in [5, 5.41) is 13.5. The number of hydrogen-bond acceptors (Lipinski definition) is 3. The Labute approximate surface area is 96.4 Å². The monoisotopic (exact) mass is 221 g/mol. The van der Waals surface area contributed by atoms with Crippen molar-refractivity contribution in [2.45, 2.75) is 32.2 Å². The Morgan fingerprint density at radius 1 is 1.50 bits per heavy atom. The largest absolute Gasteiger partial charge is 0.507 e. The quantitative estimate of drug-likeness (QED) is 0.823. The summed E-state index contributed by atoms with van der Waals surface area (Å²) in [4.78, 5) is 0. The van der Waals surface area contributed by atoms with E-state index in [1.165, 1.54) is 0 Å². The first-order valence-corrected chi connectivity index (χ1v) is 5.87. The molecule has 2 N–H and O–H groups in total. The molecule has 0 saturated carbocycles. The van der Waals surface area contributed by atoms with E-state index in [1.54, 1.807) is 6.07 Å². The lowest BCUT2D eigenvalue weighted by Crippen LogP contribution is -2.33. The molecule has 0 spiro atoms. The van der Waals surface area contributed by atoms with Crippen molar-refractivity contribution in [2.75, 3.05) is 13.2 Å². The van der Waals surface area contributed by atoms with Crippen LogP contribution < -0.4 is 10.1 Å². The Bertz CT molecular complexity index is 370. The molecule has 0 bridgehead atoms. The Morgan fingerprint density at radius 2 is 2.31 bits per heavy atom. The number of rotatable bonds is 3. The topological polar surface area (TPSA) is 41.5 Å². The van der Waals surface area contributed by atoms with Gasteiger partial charge < -0.3 is 15.2 Å². The molecule has 1 aromatic carbocycles. The molecule has 0 aliphatic carbocycles. The van der Waals surface area contributed by atoms with Crippen LogP contribution in [0.1, 0.15) is 32.3 Å². The highest BCUT2D eigenvalue weighted by Crippen LogP contribution is 2.41. The van der Waals surface area contributed by atoms with Crippen LogP contribution in [0.15, 0.2) is 18.2 Å². The molecule has 1 fully saturated rings. The van der Waals surface area contributed by atoms with E-state index >= 15 is 0 Å². The number of ether oxygens (including phenoxy) is 1. The summed E-state index contributed by atoms with van der Waals surface area (Å²) in [6.45, 7) is 5.69. The smallest absolute Gasteiger partial charge is 0.128 e. The SMILES string of the molecule is CCOc1cccc(O)c1C1(C)CCCN1. The van der Waals surface area contributed by atoms with Crippen molar-refractivity contribution in [3.8, 4) is 11.5 Å². The number of phenolic OH excluding ortho intramolecular Hbond substituents is 1. The van der Waals surface area contributed by atoms with Crippen molar-refractivity contribution in [1.82, 2.24) is 5.32 Å². The molecule has 3 heteroatoms. The summed E-state index contributed by atoms with van der Waals surface area (Å²) >= 11 is 0. The van der Waals surface area contributed by atoms with E-state index in [-0.39, 0.29) is 5.54 Å². The maximum Gasteiger partial charge on any atom is 0.128 e. The first-order valence-electron chi connectivity index (χ1n) is 5.87. The Balaban J connectivity index is 2.44. The van der Waals surface area contributed by atoms with E-state index in [0.29, 0.717) is 12.4 Å². The molecule has 1 heterocycles. The van der Waals surface area contributed by atoms with E-state index in [2.05, 4.69) is 12.2 Å². The number of benzene rings is 1. The van der Waals surface area contributed by atoms with Crippen LogP contribution in [0.4, 0.5) is 0 Å². The Morgan fingerprint density at radius 3 is 2.94 bits per heavy atom. The predicted molar refractivity (Wildman–Crippen MR) is 63.9 cm³/mol. The van der Waals surface area contributed by atoms with E-state index in [9.17, 15) is 5.11 Å². The Kier molecular flexibility index (Phi) is 3.06. The van der Waals surface area contributed by atoms with Crippen LogP contribution >= 0.6 is 0 Å². The number of nitrogens with one attached hydrogen (secondary N) is 1. The third-order valence-corrected chi connectivity index (χ3v) is 3.22. The maximum atomic E-state index is 10.0. The second-order valence-corrected chi connectivity index (χ2v) is 4.45. The number of hydrogen-bond donors (Lipinski definition) is 2. The molecule has 1 aromatic rings. The van der Waals surface area contributed by atoms with Gasteiger partial charge in [0.2, 0.25) is 0 Å². The van der Waals surface area contributed by atoms with Gasteiger partial charge in [-0.25, -0.2) is 0 Å². The van der Waals surface area contributed by atoms with Crippen LogP contribution in [-0.4, -0.2) is 18.3 Å². The summed E-state index contributed by atoms with van der Waals surface area (Å²) in [5.74, 6) is 1.11. The van der Waals surface area contributed by atoms with E-state index in [0.717, 1.165) is 30.7 Å². The molecule has 16 heavy (non-hydrogen) atoms. The van der Waals surface area contributed by atoms with Crippen molar-refractivity contribution in [1.29, 1.82) is 0 Å². The van der Waals surface area contributed by atoms with Crippen LogP contribution in [0, 0.1) is 0 Å². The molecule has 1 aliphatic rings. The zero-order valence-electron chi connectivity index (χ0n) is 9.92. The molecule has 2 rings (SSSR count). The van der Waals surface area contributed by atoms with Gasteiger partial charge in [-0.2, -0.15) is 0 Å². The lowest BCUT2D eigenvalue weighted by Gasteiger charge is -2.28. The third kappa shape index (κ3) is 1.87. The van der Waals surface area contributed by atoms with Gasteiger partial charge in [-0.3, -0.25) is 0 Å². The molecule has 88 valence electrons. The van der Waals surface area contributed by atoms with Gasteiger partial charge in [0.05, 0.1) is 12.2 Å². The fraction of sp³-hybridized carbons (Fsp3) is 0.538. The Hall–Kier alpha value is -1.22. The normalized spacial score (nSPS) is 24.6. The van der Waals surface area contributed by atoms with Crippen LogP contribution in [0.3, 0.4) is 0 Å². The zero-order valence-corrected chi connectivity index (χ0v) is 9.92. The van der Waals surface area contributed by atoms with Crippen LogP contribution in [0.25, 0.3) is 0 Å². The van der Waals surface area contributed by atoms with Crippen molar-refractivity contribution >= 4 is 0 Å². The molecular formula is C13H19NO2. The fourth-order valence-electron chi connectivity index (χ4n) is 2.46.